The van der Waals surface area contributed by atoms with Crippen LogP contribution in [0.2, 0.25) is 5.02 Å². The Morgan fingerprint density at radius 2 is 2.25 bits per heavy atom. The van der Waals surface area contributed by atoms with Crippen molar-refractivity contribution in [2.75, 3.05) is 17.2 Å². The molecular weight excluding hydrogens is 434 g/mol. The fraction of sp³-hybridized carbons (Fsp3) is 0.222. The average molecular weight is 450 g/mol. The van der Waals surface area contributed by atoms with Gasteiger partial charge in [-0.05, 0) is 43.0 Å². The summed E-state index contributed by atoms with van der Waals surface area (Å²) in [6.45, 7) is 2.59. The highest BCUT2D eigenvalue weighted by atomic mass is 35.5. The van der Waals surface area contributed by atoms with Gasteiger partial charge >= 0.3 is 0 Å². The number of nitrogens with zero attached hydrogens (tertiary/aromatic N) is 3. The third-order valence-electron chi connectivity index (χ3n) is 3.64. The zero-order valence-corrected chi connectivity index (χ0v) is 18.0. The van der Waals surface area contributed by atoms with Gasteiger partial charge in [0.25, 0.3) is 0 Å². The van der Waals surface area contributed by atoms with Crippen LogP contribution in [0.25, 0.3) is 0 Å². The van der Waals surface area contributed by atoms with Gasteiger partial charge in [-0.25, -0.2) is 0 Å². The van der Waals surface area contributed by atoms with Crippen molar-refractivity contribution in [3.63, 3.8) is 0 Å². The molecule has 0 saturated carbocycles. The maximum atomic E-state index is 12.4. The van der Waals surface area contributed by atoms with E-state index in [-0.39, 0.29) is 11.2 Å². The van der Waals surface area contributed by atoms with Crippen molar-refractivity contribution in [1.82, 2.24) is 10.2 Å². The molecule has 0 aliphatic carbocycles. The lowest BCUT2D eigenvalue weighted by atomic mass is 10.2. The Balaban J connectivity index is 1.49. The van der Waals surface area contributed by atoms with Gasteiger partial charge in [0.05, 0.1) is 15.8 Å². The molecule has 0 spiro atoms. The largest absolute Gasteiger partial charge is 0.360 e. The normalized spacial score (nSPS) is 11.6. The molecule has 6 nitrogen and oxygen atoms in total. The Kier molecular flexibility index (Phi) is 7.28. The number of carbonyl (C=O) groups excluding carboxylic acids is 1. The maximum Gasteiger partial charge on any atom is 0.237 e. The number of aromatic nitrogens is 2. The monoisotopic (exact) mass is 449 g/mol. The van der Waals surface area contributed by atoms with Crippen LogP contribution in [-0.2, 0) is 11.2 Å². The van der Waals surface area contributed by atoms with Crippen molar-refractivity contribution >= 4 is 62.8 Å². The number of carbonyl (C=O) groups is 1. The second-order valence-corrected chi connectivity index (χ2v) is 9.69. The Hall–Kier alpha value is -2.12. The van der Waals surface area contributed by atoms with Gasteiger partial charge in [0.2, 0.25) is 11.0 Å². The van der Waals surface area contributed by atoms with Crippen molar-refractivity contribution in [3.05, 3.63) is 51.2 Å². The Morgan fingerprint density at radius 1 is 1.39 bits per heavy atom. The second-order valence-electron chi connectivity index (χ2n) is 5.69. The van der Waals surface area contributed by atoms with Crippen molar-refractivity contribution in [2.45, 2.75) is 22.9 Å². The third-order valence-corrected chi connectivity index (χ3v) is 6.95. The number of amides is 1. The van der Waals surface area contributed by atoms with Crippen LogP contribution in [0, 0.1) is 11.3 Å². The van der Waals surface area contributed by atoms with E-state index in [2.05, 4.69) is 32.3 Å². The van der Waals surface area contributed by atoms with E-state index in [1.807, 2.05) is 12.1 Å². The molecule has 3 rings (SSSR count). The predicted octanol–water partition coefficient (Wildman–Crippen LogP) is 4.90. The summed E-state index contributed by atoms with van der Waals surface area (Å²) < 4.78 is 0.721. The minimum atomic E-state index is -0.360. The number of nitriles is 1. The Labute approximate surface area is 180 Å². The van der Waals surface area contributed by atoms with E-state index in [4.69, 9.17) is 16.9 Å². The molecule has 1 unspecified atom stereocenters. The molecule has 2 heterocycles. The number of hydrogen-bond acceptors (Lipinski definition) is 8. The van der Waals surface area contributed by atoms with E-state index in [0.29, 0.717) is 16.3 Å². The second kappa shape index (κ2) is 9.89. The van der Waals surface area contributed by atoms with Crippen LogP contribution in [0.15, 0.2) is 40.1 Å². The van der Waals surface area contributed by atoms with E-state index >= 15 is 0 Å². The first kappa shape index (κ1) is 20.6. The van der Waals surface area contributed by atoms with E-state index in [0.717, 1.165) is 22.4 Å². The average Bonchev–Trinajstić information content (AvgIpc) is 3.34. The first-order valence-electron chi connectivity index (χ1n) is 8.32. The molecule has 3 aromatic rings. The minimum absolute atomic E-state index is 0.173. The van der Waals surface area contributed by atoms with Crippen LogP contribution < -0.4 is 10.6 Å². The molecule has 10 heteroatoms. The molecule has 28 heavy (non-hydrogen) atoms. The van der Waals surface area contributed by atoms with Gasteiger partial charge in [-0.1, -0.05) is 40.8 Å². The standard InChI is InChI=1S/C18H16ClN5OS3/c1-11(16(25)22-13-5-4-12(10-20)15(19)9-13)27-18-24-23-17(28-18)21-7-6-14-3-2-8-26-14/h2-5,8-9,11H,6-7H2,1H3,(H,21,23)(H,22,25). The van der Waals surface area contributed by atoms with Crippen molar-refractivity contribution in [3.8, 4) is 6.07 Å². The molecular formula is C18H16ClN5OS3. The van der Waals surface area contributed by atoms with Crippen molar-refractivity contribution < 1.29 is 4.79 Å². The summed E-state index contributed by atoms with van der Waals surface area (Å²) in [4.78, 5) is 13.7. The van der Waals surface area contributed by atoms with Crippen LogP contribution in [0.5, 0.6) is 0 Å². The van der Waals surface area contributed by atoms with Crippen LogP contribution in [0.4, 0.5) is 10.8 Å². The zero-order chi connectivity index (χ0) is 19.9. The van der Waals surface area contributed by atoms with Crippen LogP contribution >= 0.6 is 46.0 Å². The van der Waals surface area contributed by atoms with Gasteiger partial charge in [0.1, 0.15) is 6.07 Å². The highest BCUT2D eigenvalue weighted by molar-refractivity contribution is 8.02. The summed E-state index contributed by atoms with van der Waals surface area (Å²) >= 11 is 10.5. The summed E-state index contributed by atoms with van der Waals surface area (Å²) in [5.74, 6) is -0.173. The first-order valence-corrected chi connectivity index (χ1v) is 11.3. The predicted molar refractivity (Wildman–Crippen MR) is 117 cm³/mol. The molecule has 1 amide bonds. The van der Waals surface area contributed by atoms with Gasteiger partial charge in [0, 0.05) is 17.1 Å². The fourth-order valence-electron chi connectivity index (χ4n) is 2.21. The summed E-state index contributed by atoms with van der Waals surface area (Å²) in [6.07, 6.45) is 0.936. The number of thioether (sulfide) groups is 1. The molecule has 2 N–H and O–H groups in total. The topological polar surface area (TPSA) is 90.7 Å². The molecule has 2 aromatic heterocycles. The van der Waals surface area contributed by atoms with Crippen molar-refractivity contribution in [2.24, 2.45) is 0 Å². The van der Waals surface area contributed by atoms with Crippen LogP contribution in [0.3, 0.4) is 0 Å². The summed E-state index contributed by atoms with van der Waals surface area (Å²) in [5, 5.41) is 26.0. The van der Waals surface area contributed by atoms with E-state index in [1.165, 1.54) is 28.0 Å². The van der Waals surface area contributed by atoms with Gasteiger partial charge in [-0.2, -0.15) is 5.26 Å². The highest BCUT2D eigenvalue weighted by Crippen LogP contribution is 2.30. The number of hydrogen-bond donors (Lipinski definition) is 2. The molecule has 1 aromatic carbocycles. The van der Waals surface area contributed by atoms with E-state index in [1.54, 1.807) is 36.5 Å². The Morgan fingerprint density at radius 3 is 2.96 bits per heavy atom. The number of rotatable bonds is 8. The first-order chi connectivity index (χ1) is 13.5. The van der Waals surface area contributed by atoms with Crippen LogP contribution in [0.1, 0.15) is 17.4 Å². The molecule has 0 fully saturated rings. The number of anilines is 2. The lowest BCUT2D eigenvalue weighted by Gasteiger charge is -2.10. The maximum absolute atomic E-state index is 12.4. The number of benzene rings is 1. The van der Waals surface area contributed by atoms with Gasteiger partial charge < -0.3 is 10.6 Å². The highest BCUT2D eigenvalue weighted by Gasteiger charge is 2.18. The lowest BCUT2D eigenvalue weighted by Crippen LogP contribution is -2.22. The molecule has 0 radical (unpaired) electrons. The Bertz CT molecular complexity index is 984. The number of thiophene rings is 1. The molecule has 0 saturated heterocycles. The van der Waals surface area contributed by atoms with Gasteiger partial charge in [-0.15, -0.1) is 21.5 Å². The number of nitrogens with one attached hydrogen (secondary N) is 2. The van der Waals surface area contributed by atoms with Gasteiger partial charge in [-0.3, -0.25) is 4.79 Å². The SMILES string of the molecule is CC(Sc1nnc(NCCc2cccs2)s1)C(=O)Nc1ccc(C#N)c(Cl)c1. The quantitative estimate of drug-likeness (QED) is 0.475. The molecule has 1 atom stereocenters. The minimum Gasteiger partial charge on any atom is -0.360 e. The summed E-state index contributed by atoms with van der Waals surface area (Å²) in [6, 6.07) is 10.9. The smallest absolute Gasteiger partial charge is 0.237 e. The molecule has 0 bridgehead atoms. The summed E-state index contributed by atoms with van der Waals surface area (Å²) in [7, 11) is 0. The molecule has 0 aliphatic heterocycles. The molecule has 144 valence electrons. The number of halogens is 1. The third kappa shape index (κ3) is 5.69. The van der Waals surface area contributed by atoms with Gasteiger partial charge in [0.15, 0.2) is 4.34 Å². The molecule has 0 aliphatic rings. The van der Waals surface area contributed by atoms with Crippen LogP contribution in [-0.4, -0.2) is 27.9 Å². The van der Waals surface area contributed by atoms with E-state index < -0.39 is 0 Å². The lowest BCUT2D eigenvalue weighted by molar-refractivity contribution is -0.115. The zero-order valence-electron chi connectivity index (χ0n) is 14.8. The summed E-state index contributed by atoms with van der Waals surface area (Å²) in [5.41, 5.74) is 0.921. The van der Waals surface area contributed by atoms with E-state index in [9.17, 15) is 4.79 Å². The fourth-order valence-corrected chi connectivity index (χ4v) is 5.06. The van der Waals surface area contributed by atoms with Crippen molar-refractivity contribution in [1.29, 1.82) is 5.26 Å².